The summed E-state index contributed by atoms with van der Waals surface area (Å²) in [5, 5.41) is 34.4. The van der Waals surface area contributed by atoms with Crippen LogP contribution in [0.4, 0.5) is 5.69 Å². The average Bonchev–Trinajstić information content (AvgIpc) is 3.44. The van der Waals surface area contributed by atoms with E-state index in [2.05, 4.69) is 29.2 Å². The Morgan fingerprint density at radius 1 is 0.800 bits per heavy atom. The van der Waals surface area contributed by atoms with Crippen molar-refractivity contribution in [3.8, 4) is 0 Å². The SMILES string of the molecule is CNCc1c(C)cc(N)cc1C.Cc1cc(C(=O)O)cc(C(=O)O)c1.Cc1ccc2cc(Cn3cc(C(=O)O)cn3)ccc2n1. The van der Waals surface area contributed by atoms with Crippen LogP contribution in [0.2, 0.25) is 0 Å². The lowest BCUT2D eigenvalue weighted by Crippen LogP contribution is -2.08. The molecule has 234 valence electrons. The second-order valence-corrected chi connectivity index (χ2v) is 10.6. The third-order valence-electron chi connectivity index (χ3n) is 6.76. The van der Waals surface area contributed by atoms with Crippen molar-refractivity contribution in [3.05, 3.63) is 123 Å². The minimum atomic E-state index is -1.12. The highest BCUT2D eigenvalue weighted by Crippen LogP contribution is 2.18. The molecule has 0 atom stereocenters. The molecule has 6 N–H and O–H groups in total. The van der Waals surface area contributed by atoms with Crippen molar-refractivity contribution in [2.24, 2.45) is 0 Å². The molecule has 0 aliphatic carbocycles. The first-order chi connectivity index (χ1) is 21.3. The van der Waals surface area contributed by atoms with Gasteiger partial charge in [0.15, 0.2) is 0 Å². The number of nitrogens with two attached hydrogens (primary N) is 1. The molecule has 0 unspecified atom stereocenters. The molecule has 11 heteroatoms. The predicted octanol–water partition coefficient (Wildman–Crippen LogP) is 5.48. The average molecular weight is 612 g/mol. The highest BCUT2D eigenvalue weighted by Gasteiger charge is 2.09. The summed E-state index contributed by atoms with van der Waals surface area (Å²) in [6, 6.07) is 18.0. The number of rotatable bonds is 7. The van der Waals surface area contributed by atoms with Gasteiger partial charge in [0.05, 0.1) is 34.9 Å². The quantitative estimate of drug-likeness (QED) is 0.148. The van der Waals surface area contributed by atoms with Gasteiger partial charge in [-0.3, -0.25) is 9.67 Å². The molecule has 3 aromatic carbocycles. The van der Waals surface area contributed by atoms with Crippen LogP contribution in [0, 0.1) is 27.7 Å². The number of nitrogens with zero attached hydrogens (tertiary/aromatic N) is 3. The molecule has 45 heavy (non-hydrogen) atoms. The first kappa shape index (κ1) is 33.9. The van der Waals surface area contributed by atoms with Gasteiger partial charge < -0.3 is 26.4 Å². The Kier molecular flexibility index (Phi) is 11.5. The van der Waals surface area contributed by atoms with Gasteiger partial charge in [-0.25, -0.2) is 14.4 Å². The van der Waals surface area contributed by atoms with Gasteiger partial charge in [-0.1, -0.05) is 12.1 Å². The number of nitrogens with one attached hydrogen (secondary N) is 1. The van der Waals surface area contributed by atoms with Crippen LogP contribution >= 0.6 is 0 Å². The normalized spacial score (nSPS) is 10.3. The minimum absolute atomic E-state index is 0.00241. The molecule has 0 saturated heterocycles. The number of carboxylic acid groups (broad SMARTS) is 3. The summed E-state index contributed by atoms with van der Waals surface area (Å²) in [6.45, 7) is 9.25. The molecule has 0 amide bonds. The van der Waals surface area contributed by atoms with Gasteiger partial charge in [0.2, 0.25) is 0 Å². The number of aromatic carboxylic acids is 3. The van der Waals surface area contributed by atoms with E-state index in [1.807, 2.05) is 56.4 Å². The predicted molar refractivity (Wildman–Crippen MR) is 173 cm³/mol. The van der Waals surface area contributed by atoms with E-state index < -0.39 is 17.9 Å². The summed E-state index contributed by atoms with van der Waals surface area (Å²) in [4.78, 5) is 36.3. The fourth-order valence-electron chi connectivity index (χ4n) is 4.64. The monoisotopic (exact) mass is 611 g/mol. The Morgan fingerprint density at radius 2 is 1.40 bits per heavy atom. The lowest BCUT2D eigenvalue weighted by molar-refractivity contribution is 0.0682. The summed E-state index contributed by atoms with van der Waals surface area (Å²) in [7, 11) is 1.95. The summed E-state index contributed by atoms with van der Waals surface area (Å²) in [6.07, 6.45) is 2.88. The number of hydrogen-bond acceptors (Lipinski definition) is 7. The smallest absolute Gasteiger partial charge is 0.338 e. The van der Waals surface area contributed by atoms with Crippen molar-refractivity contribution in [2.45, 2.75) is 40.8 Å². The molecule has 0 aliphatic heterocycles. The Hall–Kier alpha value is -5.55. The number of hydrogen-bond donors (Lipinski definition) is 5. The topological polar surface area (TPSA) is 181 Å². The maximum absolute atomic E-state index is 10.8. The highest BCUT2D eigenvalue weighted by molar-refractivity contribution is 5.94. The van der Waals surface area contributed by atoms with E-state index in [9.17, 15) is 14.4 Å². The molecule has 11 nitrogen and oxygen atoms in total. The van der Waals surface area contributed by atoms with Crippen molar-refractivity contribution in [3.63, 3.8) is 0 Å². The van der Waals surface area contributed by atoms with Gasteiger partial charge in [-0.2, -0.15) is 5.10 Å². The van der Waals surface area contributed by atoms with Gasteiger partial charge in [-0.05, 0) is 111 Å². The zero-order valence-corrected chi connectivity index (χ0v) is 25.8. The van der Waals surface area contributed by atoms with Crippen molar-refractivity contribution in [2.75, 3.05) is 12.8 Å². The molecular formula is C34H37N5O6. The molecule has 2 heterocycles. The Bertz CT molecular complexity index is 1790. The van der Waals surface area contributed by atoms with Gasteiger partial charge in [0.1, 0.15) is 0 Å². The second kappa shape index (κ2) is 15.3. The fraction of sp³-hybridized carbons (Fsp3) is 0.206. The molecule has 0 fully saturated rings. The van der Waals surface area contributed by atoms with Gasteiger partial charge >= 0.3 is 17.9 Å². The van der Waals surface area contributed by atoms with E-state index in [1.54, 1.807) is 11.6 Å². The number of pyridine rings is 1. The largest absolute Gasteiger partial charge is 0.478 e. The third-order valence-corrected chi connectivity index (χ3v) is 6.76. The van der Waals surface area contributed by atoms with E-state index >= 15 is 0 Å². The standard InChI is InChI=1S/C15H13N3O2.C10H16N2.C9H8O4/c1-10-2-4-12-6-11(3-5-14(12)17-10)8-18-9-13(7-16-18)15(19)20;1-7-4-9(11)5-8(2)10(7)6-12-3;1-5-2-6(8(10)11)4-7(3-5)9(12)13/h2-7,9H,8H2,1H3,(H,19,20);4-5,12H,6,11H2,1-3H3;2-4H,1H3,(H,10,11)(H,12,13). The number of nitrogen functional groups attached to an aromatic ring is 1. The summed E-state index contributed by atoms with van der Waals surface area (Å²) < 4.78 is 1.62. The number of anilines is 1. The summed E-state index contributed by atoms with van der Waals surface area (Å²) >= 11 is 0. The molecule has 0 spiro atoms. The minimum Gasteiger partial charge on any atom is -0.478 e. The van der Waals surface area contributed by atoms with Crippen molar-refractivity contribution in [1.82, 2.24) is 20.1 Å². The van der Waals surface area contributed by atoms with Crippen LogP contribution in [-0.2, 0) is 13.1 Å². The number of aromatic nitrogens is 3. The molecule has 0 bridgehead atoms. The molecule has 0 saturated carbocycles. The Labute approximate surface area is 261 Å². The van der Waals surface area contributed by atoms with Crippen LogP contribution in [0.5, 0.6) is 0 Å². The van der Waals surface area contributed by atoms with Gasteiger partial charge in [0.25, 0.3) is 0 Å². The van der Waals surface area contributed by atoms with E-state index in [4.69, 9.17) is 21.1 Å². The molecule has 0 radical (unpaired) electrons. The molecule has 5 rings (SSSR count). The van der Waals surface area contributed by atoms with E-state index in [1.165, 1.54) is 41.2 Å². The molecule has 5 aromatic rings. The van der Waals surface area contributed by atoms with E-state index in [0.29, 0.717) is 12.1 Å². The van der Waals surface area contributed by atoms with Crippen LogP contribution in [0.15, 0.2) is 73.1 Å². The van der Waals surface area contributed by atoms with E-state index in [-0.39, 0.29) is 16.7 Å². The highest BCUT2D eigenvalue weighted by atomic mass is 16.4. The third kappa shape index (κ3) is 9.73. The maximum atomic E-state index is 10.8. The number of carboxylic acids is 3. The first-order valence-electron chi connectivity index (χ1n) is 14.0. The number of carbonyl (C=O) groups is 3. The summed E-state index contributed by atoms with van der Waals surface area (Å²) in [5.74, 6) is -3.20. The fourth-order valence-corrected chi connectivity index (χ4v) is 4.64. The van der Waals surface area contributed by atoms with Crippen LogP contribution < -0.4 is 11.1 Å². The van der Waals surface area contributed by atoms with Crippen LogP contribution in [0.3, 0.4) is 0 Å². The van der Waals surface area contributed by atoms with Gasteiger partial charge in [0, 0.05) is 29.5 Å². The van der Waals surface area contributed by atoms with Crippen LogP contribution in [-0.4, -0.2) is 55.0 Å². The lowest BCUT2D eigenvalue weighted by atomic mass is 10.0. The molecule has 0 aliphatic rings. The first-order valence-corrected chi connectivity index (χ1v) is 14.0. The number of fused-ring (bicyclic) bond motifs is 1. The molecular weight excluding hydrogens is 574 g/mol. The zero-order chi connectivity index (χ0) is 33.3. The van der Waals surface area contributed by atoms with Crippen LogP contribution in [0.25, 0.3) is 10.9 Å². The summed E-state index contributed by atoms with van der Waals surface area (Å²) in [5.41, 5.74) is 14.3. The number of benzene rings is 3. The zero-order valence-electron chi connectivity index (χ0n) is 25.8. The van der Waals surface area contributed by atoms with Crippen molar-refractivity contribution < 1.29 is 29.7 Å². The van der Waals surface area contributed by atoms with Crippen molar-refractivity contribution in [1.29, 1.82) is 0 Å². The maximum Gasteiger partial charge on any atom is 0.338 e. The second-order valence-electron chi connectivity index (χ2n) is 10.6. The Morgan fingerprint density at radius 3 is 1.93 bits per heavy atom. The van der Waals surface area contributed by atoms with Crippen LogP contribution in [0.1, 0.15) is 64.6 Å². The van der Waals surface area contributed by atoms with Crippen molar-refractivity contribution >= 4 is 34.5 Å². The Balaban J connectivity index is 0.000000194. The molecule has 2 aromatic heterocycles. The lowest BCUT2D eigenvalue weighted by Gasteiger charge is -2.09. The van der Waals surface area contributed by atoms with Gasteiger partial charge in [-0.15, -0.1) is 0 Å². The van der Waals surface area contributed by atoms with E-state index in [0.717, 1.165) is 40.5 Å². The number of aryl methyl sites for hydroxylation is 4.